The predicted octanol–water partition coefficient (Wildman–Crippen LogP) is 2.84. The maximum Gasteiger partial charge on any atom is 0.255 e. The van der Waals surface area contributed by atoms with Gasteiger partial charge in [0.2, 0.25) is 0 Å². The van der Waals surface area contributed by atoms with Crippen molar-refractivity contribution in [1.29, 1.82) is 0 Å². The number of carbonyl (C=O) groups excluding carboxylic acids is 1. The quantitative estimate of drug-likeness (QED) is 0.597. The van der Waals surface area contributed by atoms with E-state index in [2.05, 4.69) is 15.7 Å². The van der Waals surface area contributed by atoms with Gasteiger partial charge in [-0.15, -0.1) is 0 Å². The zero-order valence-electron chi connectivity index (χ0n) is 11.0. The second-order valence-electron chi connectivity index (χ2n) is 4.19. The number of nitrogen functional groups attached to an aromatic ring is 1. The average molecular weight is 291 g/mol. The third-order valence-corrected chi connectivity index (χ3v) is 3.00. The molecule has 2 rings (SSSR count). The van der Waals surface area contributed by atoms with Gasteiger partial charge in [0.1, 0.15) is 5.82 Å². The molecular weight excluding hydrogens is 276 g/mol. The third kappa shape index (κ3) is 3.46. The van der Waals surface area contributed by atoms with Gasteiger partial charge < -0.3 is 10.7 Å². The van der Waals surface area contributed by atoms with Crippen LogP contribution >= 0.6 is 11.6 Å². The number of aryl methyl sites for hydroxylation is 1. The van der Waals surface area contributed by atoms with Gasteiger partial charge in [-0.2, -0.15) is 0 Å². The van der Waals surface area contributed by atoms with E-state index in [1.165, 1.54) is 0 Å². The number of halogens is 1. The van der Waals surface area contributed by atoms with Crippen LogP contribution < -0.4 is 16.6 Å². The number of nitrogens with one attached hydrogen (secondary N) is 2. The molecule has 4 N–H and O–H groups in total. The zero-order chi connectivity index (χ0) is 14.5. The fourth-order valence-electron chi connectivity index (χ4n) is 1.71. The monoisotopic (exact) mass is 290 g/mol. The molecule has 0 aliphatic carbocycles. The molecule has 2 aromatic rings. The molecule has 5 nitrogen and oxygen atoms in total. The lowest BCUT2D eigenvalue weighted by Crippen LogP contribution is -2.15. The summed E-state index contributed by atoms with van der Waals surface area (Å²) in [6.45, 7) is 1.96. The van der Waals surface area contributed by atoms with Crippen LogP contribution in [-0.4, -0.2) is 10.9 Å². The maximum atomic E-state index is 12.2. The van der Waals surface area contributed by atoms with Crippen LogP contribution in [0.4, 0.5) is 11.5 Å². The molecule has 0 fully saturated rings. The van der Waals surface area contributed by atoms with E-state index in [4.69, 9.17) is 17.4 Å². The third-order valence-electron chi connectivity index (χ3n) is 2.75. The summed E-state index contributed by atoms with van der Waals surface area (Å²) >= 11 is 5.80. The molecule has 0 radical (unpaired) electrons. The number of nitrogens with zero attached hydrogens (tertiary/aromatic N) is 1. The number of hydrogen-bond donors (Lipinski definition) is 3. The van der Waals surface area contributed by atoms with Gasteiger partial charge in [-0.25, -0.2) is 10.8 Å². The van der Waals surface area contributed by atoms with Crippen molar-refractivity contribution in [2.75, 3.05) is 10.7 Å². The van der Waals surface area contributed by atoms with Gasteiger partial charge in [-0.3, -0.25) is 4.79 Å². The van der Waals surface area contributed by atoms with E-state index in [0.717, 1.165) is 12.1 Å². The van der Waals surface area contributed by atoms with E-state index >= 15 is 0 Å². The number of aromatic nitrogens is 1. The van der Waals surface area contributed by atoms with Crippen LogP contribution in [0.15, 0.2) is 36.4 Å². The lowest BCUT2D eigenvalue weighted by Gasteiger charge is -2.08. The number of pyridine rings is 1. The second-order valence-corrected chi connectivity index (χ2v) is 4.63. The number of carbonyl (C=O) groups is 1. The predicted molar refractivity (Wildman–Crippen MR) is 80.8 cm³/mol. The summed E-state index contributed by atoms with van der Waals surface area (Å²) < 4.78 is 0. The number of hydrazine groups is 1. The Hall–Kier alpha value is -2.11. The van der Waals surface area contributed by atoms with Crippen molar-refractivity contribution in [1.82, 2.24) is 4.98 Å². The van der Waals surface area contributed by atoms with E-state index < -0.39 is 0 Å². The fourth-order valence-corrected chi connectivity index (χ4v) is 1.84. The van der Waals surface area contributed by atoms with Gasteiger partial charge in [-0.1, -0.05) is 18.5 Å². The average Bonchev–Trinajstić information content (AvgIpc) is 2.48. The first-order valence-electron chi connectivity index (χ1n) is 6.17. The first-order valence-corrected chi connectivity index (χ1v) is 6.54. The Labute approximate surface area is 122 Å². The van der Waals surface area contributed by atoms with Crippen LogP contribution in [0.1, 0.15) is 23.0 Å². The number of benzene rings is 1. The van der Waals surface area contributed by atoms with Crippen molar-refractivity contribution >= 4 is 29.0 Å². The molecule has 0 saturated carbocycles. The first kappa shape index (κ1) is 14.3. The number of nitrogens with two attached hydrogens (primary N) is 1. The largest absolute Gasteiger partial charge is 0.322 e. The number of anilines is 2. The summed E-state index contributed by atoms with van der Waals surface area (Å²) in [6.07, 6.45) is 0.719. The molecular formula is C14H15ClN4O. The maximum absolute atomic E-state index is 12.2. The van der Waals surface area contributed by atoms with Crippen LogP contribution in [0.2, 0.25) is 5.02 Å². The van der Waals surface area contributed by atoms with Gasteiger partial charge in [-0.05, 0) is 42.8 Å². The summed E-state index contributed by atoms with van der Waals surface area (Å²) in [7, 11) is 0. The topological polar surface area (TPSA) is 80.0 Å². The Morgan fingerprint density at radius 3 is 2.60 bits per heavy atom. The zero-order valence-corrected chi connectivity index (χ0v) is 11.7. The molecule has 1 aromatic carbocycles. The number of amides is 1. The summed E-state index contributed by atoms with van der Waals surface area (Å²) in [6, 6.07) is 10.3. The molecule has 104 valence electrons. The molecule has 20 heavy (non-hydrogen) atoms. The molecule has 0 aliphatic heterocycles. The molecule has 0 atom stereocenters. The van der Waals surface area contributed by atoms with E-state index in [0.29, 0.717) is 22.1 Å². The highest BCUT2D eigenvalue weighted by Crippen LogP contribution is 2.16. The standard InChI is InChI=1S/C14H15ClN4O/c1-2-11-7-9(8-13(17-11)19-16)14(20)18-12-5-3-10(15)4-6-12/h3-8H,2,16H2,1H3,(H,17,19)(H,18,20). The normalized spacial score (nSPS) is 10.2. The highest BCUT2D eigenvalue weighted by Gasteiger charge is 2.09. The smallest absolute Gasteiger partial charge is 0.255 e. The fraction of sp³-hybridized carbons (Fsp3) is 0.143. The van der Waals surface area contributed by atoms with Gasteiger partial charge in [0, 0.05) is 22.0 Å². The molecule has 6 heteroatoms. The Kier molecular flexibility index (Phi) is 4.55. The van der Waals surface area contributed by atoms with Gasteiger partial charge >= 0.3 is 0 Å². The highest BCUT2D eigenvalue weighted by molar-refractivity contribution is 6.30. The summed E-state index contributed by atoms with van der Waals surface area (Å²) in [5.74, 6) is 5.59. The van der Waals surface area contributed by atoms with Crippen molar-refractivity contribution in [2.24, 2.45) is 5.84 Å². The number of rotatable bonds is 4. The van der Waals surface area contributed by atoms with Gasteiger partial charge in [0.25, 0.3) is 5.91 Å². The van der Waals surface area contributed by atoms with Crippen molar-refractivity contribution in [3.63, 3.8) is 0 Å². The van der Waals surface area contributed by atoms with Crippen molar-refractivity contribution in [3.8, 4) is 0 Å². The van der Waals surface area contributed by atoms with E-state index in [1.807, 2.05) is 6.92 Å². The van der Waals surface area contributed by atoms with Crippen molar-refractivity contribution in [2.45, 2.75) is 13.3 Å². The van der Waals surface area contributed by atoms with Crippen LogP contribution in [0.3, 0.4) is 0 Å². The minimum atomic E-state index is -0.221. The molecule has 0 bridgehead atoms. The van der Waals surface area contributed by atoms with Crippen molar-refractivity contribution in [3.05, 3.63) is 52.7 Å². The van der Waals surface area contributed by atoms with E-state index in [1.54, 1.807) is 36.4 Å². The summed E-state index contributed by atoms with van der Waals surface area (Å²) in [5, 5.41) is 3.41. The Morgan fingerprint density at radius 2 is 2.00 bits per heavy atom. The minimum Gasteiger partial charge on any atom is -0.322 e. The van der Waals surface area contributed by atoms with Crippen LogP contribution in [0.5, 0.6) is 0 Å². The van der Waals surface area contributed by atoms with Crippen LogP contribution in [-0.2, 0) is 6.42 Å². The molecule has 0 unspecified atom stereocenters. The van der Waals surface area contributed by atoms with Gasteiger partial charge in [0.05, 0.1) is 0 Å². The molecule has 1 amide bonds. The lowest BCUT2D eigenvalue weighted by atomic mass is 10.1. The van der Waals surface area contributed by atoms with Crippen molar-refractivity contribution < 1.29 is 4.79 Å². The molecule has 1 aromatic heterocycles. The molecule has 0 saturated heterocycles. The Morgan fingerprint density at radius 1 is 1.30 bits per heavy atom. The van der Waals surface area contributed by atoms with E-state index in [9.17, 15) is 4.79 Å². The molecule has 1 heterocycles. The lowest BCUT2D eigenvalue weighted by molar-refractivity contribution is 0.102. The highest BCUT2D eigenvalue weighted by atomic mass is 35.5. The summed E-state index contributed by atoms with van der Waals surface area (Å²) in [5.41, 5.74) is 4.43. The molecule has 0 spiro atoms. The van der Waals surface area contributed by atoms with Gasteiger partial charge in [0.15, 0.2) is 0 Å². The Balaban J connectivity index is 2.22. The van der Waals surface area contributed by atoms with Crippen LogP contribution in [0.25, 0.3) is 0 Å². The van der Waals surface area contributed by atoms with Crippen LogP contribution in [0, 0.1) is 0 Å². The number of hydrogen-bond acceptors (Lipinski definition) is 4. The SMILES string of the molecule is CCc1cc(C(=O)Nc2ccc(Cl)cc2)cc(NN)n1. The summed E-state index contributed by atoms with van der Waals surface area (Å²) in [4.78, 5) is 16.4. The minimum absolute atomic E-state index is 0.221. The second kappa shape index (κ2) is 6.36. The molecule has 0 aliphatic rings. The van der Waals surface area contributed by atoms with E-state index in [-0.39, 0.29) is 5.91 Å². The first-order chi connectivity index (χ1) is 9.62. The Bertz CT molecular complexity index is 591.